The van der Waals surface area contributed by atoms with Crippen molar-refractivity contribution in [1.82, 2.24) is 10.2 Å². The van der Waals surface area contributed by atoms with E-state index in [1.165, 1.54) is 0 Å². The number of benzene rings is 2. The van der Waals surface area contributed by atoms with Crippen LogP contribution in [-0.4, -0.2) is 36.3 Å². The molecule has 2 aromatic rings. The molecule has 0 aromatic heterocycles. The second-order valence-corrected chi connectivity index (χ2v) is 7.60. The maximum absolute atomic E-state index is 12.1. The van der Waals surface area contributed by atoms with Crippen molar-refractivity contribution in [3.63, 3.8) is 0 Å². The summed E-state index contributed by atoms with van der Waals surface area (Å²) in [4.78, 5) is 37.6. The van der Waals surface area contributed by atoms with Gasteiger partial charge in [-0.25, -0.2) is 4.79 Å². The van der Waals surface area contributed by atoms with E-state index in [1.54, 1.807) is 36.2 Å². The first-order valence-electron chi connectivity index (χ1n) is 10.1. The number of urea groups is 1. The Morgan fingerprint density at radius 1 is 0.867 bits per heavy atom. The number of hydrogen-bond acceptors (Lipinski definition) is 3. The summed E-state index contributed by atoms with van der Waals surface area (Å²) in [7, 11) is 1.71. The zero-order valence-corrected chi connectivity index (χ0v) is 17.8. The van der Waals surface area contributed by atoms with E-state index < -0.39 is 0 Å². The molecule has 0 atom stereocenters. The number of nitrogens with zero attached hydrogens (tertiary/aromatic N) is 1. The van der Waals surface area contributed by atoms with Crippen LogP contribution in [0.2, 0.25) is 0 Å². The topological polar surface area (TPSA) is 90.5 Å². The maximum Gasteiger partial charge on any atom is 0.317 e. The molecule has 3 N–H and O–H groups in total. The molecule has 7 nitrogen and oxygen atoms in total. The molecule has 0 saturated carbocycles. The average Bonchev–Trinajstić information content (AvgIpc) is 2.69. The Kier molecular flexibility index (Phi) is 8.87. The van der Waals surface area contributed by atoms with Crippen LogP contribution < -0.4 is 16.0 Å². The van der Waals surface area contributed by atoms with E-state index in [0.29, 0.717) is 30.3 Å². The quantitative estimate of drug-likeness (QED) is 0.587. The van der Waals surface area contributed by atoms with Crippen molar-refractivity contribution in [2.45, 2.75) is 33.2 Å². The van der Waals surface area contributed by atoms with Crippen LogP contribution >= 0.6 is 0 Å². The van der Waals surface area contributed by atoms with Crippen molar-refractivity contribution < 1.29 is 14.4 Å². The number of hydrogen-bond donors (Lipinski definition) is 3. The normalized spacial score (nSPS) is 10.4. The van der Waals surface area contributed by atoms with E-state index in [0.717, 1.165) is 5.56 Å². The van der Waals surface area contributed by atoms with Gasteiger partial charge in [0.25, 0.3) is 0 Å². The van der Waals surface area contributed by atoms with Crippen molar-refractivity contribution in [3.05, 3.63) is 60.2 Å². The monoisotopic (exact) mass is 410 g/mol. The zero-order valence-electron chi connectivity index (χ0n) is 17.8. The number of anilines is 2. The smallest absolute Gasteiger partial charge is 0.317 e. The number of rotatable bonds is 9. The van der Waals surface area contributed by atoms with Crippen LogP contribution in [0.4, 0.5) is 16.2 Å². The molecule has 2 rings (SSSR count). The summed E-state index contributed by atoms with van der Waals surface area (Å²) in [5, 5.41) is 8.35. The molecular formula is C23H30N4O3. The van der Waals surface area contributed by atoms with Gasteiger partial charge in [0.2, 0.25) is 11.8 Å². The van der Waals surface area contributed by atoms with Gasteiger partial charge < -0.3 is 20.9 Å². The van der Waals surface area contributed by atoms with Crippen LogP contribution in [0.25, 0.3) is 0 Å². The lowest BCUT2D eigenvalue weighted by atomic mass is 10.1. The minimum Gasteiger partial charge on any atom is -0.337 e. The summed E-state index contributed by atoms with van der Waals surface area (Å²) in [5.74, 6) is 0.0644. The zero-order chi connectivity index (χ0) is 21.9. The van der Waals surface area contributed by atoms with E-state index in [4.69, 9.17) is 0 Å². The van der Waals surface area contributed by atoms with Crippen LogP contribution in [0.5, 0.6) is 0 Å². The molecule has 0 aliphatic carbocycles. The lowest BCUT2D eigenvalue weighted by molar-refractivity contribution is -0.117. The highest BCUT2D eigenvalue weighted by Gasteiger charge is 2.10. The van der Waals surface area contributed by atoms with Crippen molar-refractivity contribution in [1.29, 1.82) is 0 Å². The van der Waals surface area contributed by atoms with Crippen LogP contribution in [0.3, 0.4) is 0 Å². The Labute approximate surface area is 177 Å². The molecule has 30 heavy (non-hydrogen) atoms. The van der Waals surface area contributed by atoms with Crippen molar-refractivity contribution in [2.75, 3.05) is 24.2 Å². The van der Waals surface area contributed by atoms with Crippen LogP contribution in [0, 0.1) is 5.92 Å². The Balaban J connectivity index is 1.70. The number of carbonyl (C=O) groups is 3. The molecule has 4 amide bonds. The standard InChI is InChI=1S/C23H30N4O3/c1-17(2)15-22(29)26-20-11-9-19(10-12-20)25-21(28)13-14-24-23(30)27(3)16-18-7-5-4-6-8-18/h4-12,17H,13-16H2,1-3H3,(H,24,30)(H,25,28)(H,26,29). The highest BCUT2D eigenvalue weighted by molar-refractivity contribution is 5.93. The van der Waals surface area contributed by atoms with E-state index in [-0.39, 0.29) is 30.8 Å². The largest absolute Gasteiger partial charge is 0.337 e. The first kappa shape index (κ1) is 22.9. The molecule has 0 bridgehead atoms. The molecule has 0 aliphatic rings. The van der Waals surface area contributed by atoms with E-state index in [1.807, 2.05) is 44.2 Å². The van der Waals surface area contributed by atoms with Gasteiger partial charge in [-0.15, -0.1) is 0 Å². The summed E-state index contributed by atoms with van der Waals surface area (Å²) in [6, 6.07) is 16.4. The molecule has 2 aromatic carbocycles. The third kappa shape index (κ3) is 8.34. The van der Waals surface area contributed by atoms with E-state index >= 15 is 0 Å². The van der Waals surface area contributed by atoms with Crippen LogP contribution in [-0.2, 0) is 16.1 Å². The van der Waals surface area contributed by atoms with Crippen molar-refractivity contribution in [2.24, 2.45) is 5.92 Å². The molecule has 0 aliphatic heterocycles. The Hall–Kier alpha value is -3.35. The van der Waals surface area contributed by atoms with E-state index in [2.05, 4.69) is 16.0 Å². The highest BCUT2D eigenvalue weighted by Crippen LogP contribution is 2.14. The van der Waals surface area contributed by atoms with Gasteiger partial charge in [0.15, 0.2) is 0 Å². The molecule has 0 heterocycles. The fraction of sp³-hybridized carbons (Fsp3) is 0.348. The third-order valence-corrected chi connectivity index (χ3v) is 4.28. The Morgan fingerprint density at radius 2 is 1.43 bits per heavy atom. The minimum absolute atomic E-state index is 0.0326. The number of nitrogens with one attached hydrogen (secondary N) is 3. The first-order valence-corrected chi connectivity index (χ1v) is 10.1. The fourth-order valence-corrected chi connectivity index (χ4v) is 2.79. The second-order valence-electron chi connectivity index (χ2n) is 7.60. The number of amides is 4. The van der Waals surface area contributed by atoms with Crippen molar-refractivity contribution >= 4 is 29.2 Å². The van der Waals surface area contributed by atoms with Gasteiger partial charge in [-0.2, -0.15) is 0 Å². The molecule has 0 unspecified atom stereocenters. The Bertz CT molecular complexity index is 835. The maximum atomic E-state index is 12.1. The highest BCUT2D eigenvalue weighted by atomic mass is 16.2. The van der Waals surface area contributed by atoms with Gasteiger partial charge in [-0.3, -0.25) is 9.59 Å². The summed E-state index contributed by atoms with van der Waals surface area (Å²) in [6.07, 6.45) is 0.628. The molecule has 0 fully saturated rings. The van der Waals surface area contributed by atoms with Gasteiger partial charge in [0.1, 0.15) is 0 Å². The van der Waals surface area contributed by atoms with Gasteiger partial charge in [0, 0.05) is 44.4 Å². The van der Waals surface area contributed by atoms with Gasteiger partial charge in [0.05, 0.1) is 0 Å². The minimum atomic E-state index is -0.229. The predicted molar refractivity (Wildman–Crippen MR) is 119 cm³/mol. The Morgan fingerprint density at radius 3 is 2.00 bits per heavy atom. The molecule has 0 radical (unpaired) electrons. The predicted octanol–water partition coefficient (Wildman–Crippen LogP) is 3.84. The lowest BCUT2D eigenvalue weighted by Gasteiger charge is -2.18. The molecule has 7 heteroatoms. The molecule has 160 valence electrons. The van der Waals surface area contributed by atoms with Crippen molar-refractivity contribution in [3.8, 4) is 0 Å². The first-order chi connectivity index (χ1) is 14.3. The van der Waals surface area contributed by atoms with Gasteiger partial charge in [-0.1, -0.05) is 44.2 Å². The third-order valence-electron chi connectivity index (χ3n) is 4.28. The summed E-state index contributed by atoms with van der Waals surface area (Å²) >= 11 is 0. The average molecular weight is 411 g/mol. The molecular weight excluding hydrogens is 380 g/mol. The van der Waals surface area contributed by atoms with E-state index in [9.17, 15) is 14.4 Å². The van der Waals surface area contributed by atoms with Gasteiger partial charge >= 0.3 is 6.03 Å². The summed E-state index contributed by atoms with van der Waals surface area (Å²) in [6.45, 7) is 4.72. The SMILES string of the molecule is CC(C)CC(=O)Nc1ccc(NC(=O)CCNC(=O)N(C)Cc2ccccc2)cc1. The lowest BCUT2D eigenvalue weighted by Crippen LogP contribution is -2.38. The fourth-order valence-electron chi connectivity index (χ4n) is 2.79. The molecule has 0 spiro atoms. The van der Waals surface area contributed by atoms with Gasteiger partial charge in [-0.05, 0) is 35.7 Å². The second kappa shape index (κ2) is 11.6. The summed E-state index contributed by atoms with van der Waals surface area (Å²) < 4.78 is 0. The van der Waals surface area contributed by atoms with Crippen LogP contribution in [0.15, 0.2) is 54.6 Å². The molecule has 0 saturated heterocycles. The summed E-state index contributed by atoms with van der Waals surface area (Å²) in [5.41, 5.74) is 2.36. The number of carbonyl (C=O) groups excluding carboxylic acids is 3. The van der Waals surface area contributed by atoms with Crippen LogP contribution in [0.1, 0.15) is 32.3 Å².